The summed E-state index contributed by atoms with van der Waals surface area (Å²) in [5, 5.41) is 0. The van der Waals surface area contributed by atoms with Crippen LogP contribution >= 0.6 is 0 Å². The van der Waals surface area contributed by atoms with Crippen LogP contribution in [-0.4, -0.2) is 33.9 Å². The number of aromatic nitrogens is 2. The van der Waals surface area contributed by atoms with Gasteiger partial charge in [0.05, 0.1) is 5.69 Å². The fourth-order valence-electron chi connectivity index (χ4n) is 3.72. The molecule has 1 aromatic carbocycles. The number of hydrogen-bond donors (Lipinski definition) is 0. The molecular weight excluding hydrogens is 298 g/mol. The zero-order chi connectivity index (χ0) is 16.8. The second-order valence-electron chi connectivity index (χ2n) is 6.57. The van der Waals surface area contributed by atoms with Crippen molar-refractivity contribution in [2.75, 3.05) is 7.05 Å². The quantitative estimate of drug-likeness (QED) is 0.844. The van der Waals surface area contributed by atoms with Crippen LogP contribution in [0.4, 0.5) is 0 Å². The van der Waals surface area contributed by atoms with E-state index in [9.17, 15) is 4.79 Å². The van der Waals surface area contributed by atoms with Crippen molar-refractivity contribution in [2.45, 2.75) is 50.5 Å². The Morgan fingerprint density at radius 1 is 1.17 bits per heavy atom. The molecule has 4 heteroatoms. The molecule has 1 heterocycles. The van der Waals surface area contributed by atoms with Crippen LogP contribution in [0.15, 0.2) is 48.9 Å². The standard InChI is InChI=1S/C20H25N3O/c1-23(20(24)12-11-17-15-21-13-14-22-17)19-10-6-5-9-18(19)16-7-3-2-4-8-16/h2-4,7-8,13-15,18-19H,5-6,9-12H2,1H3. The van der Waals surface area contributed by atoms with Crippen molar-refractivity contribution in [2.24, 2.45) is 0 Å². The van der Waals surface area contributed by atoms with E-state index in [1.165, 1.54) is 18.4 Å². The van der Waals surface area contributed by atoms with Crippen molar-refractivity contribution < 1.29 is 4.79 Å². The first-order chi connectivity index (χ1) is 11.8. The second-order valence-corrected chi connectivity index (χ2v) is 6.57. The minimum Gasteiger partial charge on any atom is -0.342 e. The highest BCUT2D eigenvalue weighted by atomic mass is 16.2. The lowest BCUT2D eigenvalue weighted by atomic mass is 9.79. The van der Waals surface area contributed by atoms with Gasteiger partial charge in [-0.15, -0.1) is 0 Å². The van der Waals surface area contributed by atoms with E-state index in [-0.39, 0.29) is 5.91 Å². The van der Waals surface area contributed by atoms with E-state index in [4.69, 9.17) is 0 Å². The number of nitrogens with zero attached hydrogens (tertiary/aromatic N) is 3. The molecule has 1 aliphatic carbocycles. The second kappa shape index (κ2) is 8.04. The molecule has 3 rings (SSSR count). The zero-order valence-corrected chi connectivity index (χ0v) is 14.3. The molecule has 24 heavy (non-hydrogen) atoms. The van der Waals surface area contributed by atoms with Gasteiger partial charge < -0.3 is 4.90 Å². The highest BCUT2D eigenvalue weighted by Crippen LogP contribution is 2.35. The van der Waals surface area contributed by atoms with Gasteiger partial charge in [-0.3, -0.25) is 14.8 Å². The van der Waals surface area contributed by atoms with Gasteiger partial charge in [-0.05, 0) is 24.8 Å². The summed E-state index contributed by atoms with van der Waals surface area (Å²) in [6.07, 6.45) is 10.9. The average molecular weight is 323 g/mol. The van der Waals surface area contributed by atoms with E-state index in [0.29, 0.717) is 24.8 Å². The lowest BCUT2D eigenvalue weighted by molar-refractivity contribution is -0.132. The van der Waals surface area contributed by atoms with Gasteiger partial charge in [0.2, 0.25) is 5.91 Å². The molecule has 0 spiro atoms. The minimum atomic E-state index is 0.202. The first-order valence-electron chi connectivity index (χ1n) is 8.81. The SMILES string of the molecule is CN(C(=O)CCc1cnccn1)C1CCCCC1c1ccccc1. The maximum Gasteiger partial charge on any atom is 0.222 e. The number of aryl methyl sites for hydroxylation is 1. The summed E-state index contributed by atoms with van der Waals surface area (Å²) in [5.74, 6) is 0.652. The van der Waals surface area contributed by atoms with Crippen molar-refractivity contribution in [3.05, 3.63) is 60.2 Å². The van der Waals surface area contributed by atoms with Crippen LogP contribution < -0.4 is 0 Å². The Hall–Kier alpha value is -2.23. The molecule has 1 aromatic heterocycles. The summed E-state index contributed by atoms with van der Waals surface area (Å²) in [6, 6.07) is 10.9. The molecule has 2 aromatic rings. The van der Waals surface area contributed by atoms with Crippen molar-refractivity contribution in [3.8, 4) is 0 Å². The van der Waals surface area contributed by atoms with Gasteiger partial charge >= 0.3 is 0 Å². The van der Waals surface area contributed by atoms with Gasteiger partial charge in [0.15, 0.2) is 0 Å². The number of hydrogen-bond acceptors (Lipinski definition) is 3. The molecule has 0 bridgehead atoms. The number of amides is 1. The summed E-state index contributed by atoms with van der Waals surface area (Å²) >= 11 is 0. The van der Waals surface area contributed by atoms with Crippen LogP contribution in [0, 0.1) is 0 Å². The van der Waals surface area contributed by atoms with Crippen LogP contribution in [0.1, 0.15) is 49.3 Å². The first-order valence-corrected chi connectivity index (χ1v) is 8.81. The van der Waals surface area contributed by atoms with Gasteiger partial charge in [0.25, 0.3) is 0 Å². The molecule has 4 nitrogen and oxygen atoms in total. The Morgan fingerprint density at radius 2 is 1.96 bits per heavy atom. The summed E-state index contributed by atoms with van der Waals surface area (Å²) in [7, 11) is 1.96. The Kier molecular flexibility index (Phi) is 5.57. The summed E-state index contributed by atoms with van der Waals surface area (Å²) in [6.45, 7) is 0. The third-order valence-corrected chi connectivity index (χ3v) is 5.06. The summed E-state index contributed by atoms with van der Waals surface area (Å²) in [5.41, 5.74) is 2.23. The van der Waals surface area contributed by atoms with Gasteiger partial charge in [0.1, 0.15) is 0 Å². The van der Waals surface area contributed by atoms with Crippen molar-refractivity contribution >= 4 is 5.91 Å². The molecule has 0 aliphatic heterocycles. The van der Waals surface area contributed by atoms with Gasteiger partial charge in [-0.2, -0.15) is 0 Å². The predicted molar refractivity (Wildman–Crippen MR) is 94.6 cm³/mol. The van der Waals surface area contributed by atoms with E-state index in [1.807, 2.05) is 11.9 Å². The molecule has 0 radical (unpaired) electrons. The fourth-order valence-corrected chi connectivity index (χ4v) is 3.72. The molecule has 0 saturated heterocycles. The summed E-state index contributed by atoms with van der Waals surface area (Å²) in [4.78, 5) is 23.0. The number of likely N-dealkylation sites (N-methyl/N-ethyl adjacent to an activating group) is 1. The zero-order valence-electron chi connectivity index (χ0n) is 14.3. The molecule has 1 fully saturated rings. The highest BCUT2D eigenvalue weighted by molar-refractivity contribution is 5.76. The van der Waals surface area contributed by atoms with E-state index < -0.39 is 0 Å². The number of benzene rings is 1. The molecule has 2 unspecified atom stereocenters. The van der Waals surface area contributed by atoms with E-state index >= 15 is 0 Å². The van der Waals surface area contributed by atoms with E-state index in [2.05, 4.69) is 40.3 Å². The van der Waals surface area contributed by atoms with Crippen molar-refractivity contribution in [1.29, 1.82) is 0 Å². The largest absolute Gasteiger partial charge is 0.342 e. The number of rotatable bonds is 5. The Balaban J connectivity index is 1.65. The van der Waals surface area contributed by atoms with Crippen LogP contribution in [0.3, 0.4) is 0 Å². The molecule has 2 atom stereocenters. The van der Waals surface area contributed by atoms with E-state index in [0.717, 1.165) is 18.5 Å². The topological polar surface area (TPSA) is 46.1 Å². The van der Waals surface area contributed by atoms with Gasteiger partial charge in [-0.1, -0.05) is 43.2 Å². The Labute approximate surface area is 143 Å². The first kappa shape index (κ1) is 16.6. The highest BCUT2D eigenvalue weighted by Gasteiger charge is 2.31. The third kappa shape index (κ3) is 3.99. The van der Waals surface area contributed by atoms with E-state index in [1.54, 1.807) is 18.6 Å². The fraction of sp³-hybridized carbons (Fsp3) is 0.450. The molecule has 1 saturated carbocycles. The smallest absolute Gasteiger partial charge is 0.222 e. The monoisotopic (exact) mass is 323 g/mol. The lowest BCUT2D eigenvalue weighted by Crippen LogP contribution is -2.42. The van der Waals surface area contributed by atoms with Crippen LogP contribution in [0.25, 0.3) is 0 Å². The average Bonchev–Trinajstić information content (AvgIpc) is 2.67. The molecule has 126 valence electrons. The van der Waals surface area contributed by atoms with Crippen LogP contribution in [-0.2, 0) is 11.2 Å². The number of carbonyl (C=O) groups excluding carboxylic acids is 1. The summed E-state index contributed by atoms with van der Waals surface area (Å²) < 4.78 is 0. The Bertz CT molecular complexity index is 644. The molecule has 0 N–H and O–H groups in total. The molecule has 1 aliphatic rings. The minimum absolute atomic E-state index is 0.202. The molecular formula is C20H25N3O. The van der Waals surface area contributed by atoms with Gasteiger partial charge in [0, 0.05) is 44.0 Å². The van der Waals surface area contributed by atoms with Crippen LogP contribution in [0.5, 0.6) is 0 Å². The Morgan fingerprint density at radius 3 is 2.71 bits per heavy atom. The molecule has 1 amide bonds. The van der Waals surface area contributed by atoms with Crippen molar-refractivity contribution in [3.63, 3.8) is 0 Å². The maximum atomic E-state index is 12.7. The van der Waals surface area contributed by atoms with Gasteiger partial charge in [-0.25, -0.2) is 0 Å². The maximum absolute atomic E-state index is 12.7. The lowest BCUT2D eigenvalue weighted by Gasteiger charge is -2.38. The number of carbonyl (C=O) groups is 1. The van der Waals surface area contributed by atoms with Crippen molar-refractivity contribution in [1.82, 2.24) is 14.9 Å². The van der Waals surface area contributed by atoms with Crippen LogP contribution in [0.2, 0.25) is 0 Å². The third-order valence-electron chi connectivity index (χ3n) is 5.06. The predicted octanol–water partition coefficient (Wildman–Crippen LogP) is 3.59. The normalized spacial score (nSPS) is 20.5.